The smallest absolute Gasteiger partial charge is 0.348 e. The molecule has 1 aromatic rings. The van der Waals surface area contributed by atoms with E-state index in [9.17, 15) is 14.0 Å². The fourth-order valence-electron chi connectivity index (χ4n) is 1.78. The Balaban J connectivity index is 2.46. The lowest BCUT2D eigenvalue weighted by molar-refractivity contribution is -0.222. The Labute approximate surface area is 123 Å². The molecular weight excluding hydrogens is 331 g/mol. The number of ether oxygens (including phenoxy) is 2. The Morgan fingerprint density at radius 2 is 1.85 bits per heavy atom. The van der Waals surface area contributed by atoms with Gasteiger partial charge in [-0.05, 0) is 17.7 Å². The first kappa shape index (κ1) is 14.7. The van der Waals surface area contributed by atoms with E-state index in [1.54, 1.807) is 12.1 Å². The van der Waals surface area contributed by atoms with E-state index in [1.807, 2.05) is 0 Å². The molecular formula is C14H12BrFO4. The van der Waals surface area contributed by atoms with Gasteiger partial charge in [0.25, 0.3) is 5.79 Å². The zero-order valence-corrected chi connectivity index (χ0v) is 12.5. The Hall–Kier alpha value is -1.69. The van der Waals surface area contributed by atoms with E-state index in [0.717, 1.165) is 6.08 Å². The number of carbonyl (C=O) groups excluding carboxylic acids is 2. The second kappa shape index (κ2) is 5.36. The van der Waals surface area contributed by atoms with Crippen molar-refractivity contribution in [3.8, 4) is 0 Å². The van der Waals surface area contributed by atoms with Gasteiger partial charge >= 0.3 is 11.9 Å². The zero-order valence-electron chi connectivity index (χ0n) is 10.9. The van der Waals surface area contributed by atoms with Crippen molar-refractivity contribution < 1.29 is 23.5 Å². The molecule has 1 fully saturated rings. The third-order valence-corrected chi connectivity index (χ3v) is 3.30. The van der Waals surface area contributed by atoms with Gasteiger partial charge in [-0.1, -0.05) is 28.1 Å². The number of rotatable bonds is 2. The number of esters is 2. The van der Waals surface area contributed by atoms with E-state index >= 15 is 0 Å². The Morgan fingerprint density at radius 1 is 1.25 bits per heavy atom. The van der Waals surface area contributed by atoms with Crippen molar-refractivity contribution >= 4 is 33.9 Å². The van der Waals surface area contributed by atoms with Crippen LogP contribution in [0.2, 0.25) is 0 Å². The van der Waals surface area contributed by atoms with E-state index in [0.29, 0.717) is 10.9 Å². The molecule has 0 radical (unpaired) electrons. The van der Waals surface area contributed by atoms with Crippen LogP contribution in [-0.2, 0) is 24.4 Å². The van der Waals surface area contributed by atoms with Gasteiger partial charge in [0.05, 0.1) is 0 Å². The average molecular weight is 343 g/mol. The molecule has 0 saturated carbocycles. The number of alkyl halides is 1. The molecule has 20 heavy (non-hydrogen) atoms. The van der Waals surface area contributed by atoms with Crippen LogP contribution in [-0.4, -0.2) is 17.7 Å². The van der Waals surface area contributed by atoms with Gasteiger partial charge in [0, 0.05) is 24.7 Å². The quantitative estimate of drug-likeness (QED) is 0.359. The predicted octanol–water partition coefficient (Wildman–Crippen LogP) is 2.94. The summed E-state index contributed by atoms with van der Waals surface area (Å²) in [5.41, 5.74) is 0.451. The maximum absolute atomic E-state index is 13.8. The van der Waals surface area contributed by atoms with Crippen LogP contribution in [0.5, 0.6) is 0 Å². The van der Waals surface area contributed by atoms with Crippen molar-refractivity contribution in [3.63, 3.8) is 0 Å². The molecule has 4 nitrogen and oxygen atoms in total. The van der Waals surface area contributed by atoms with E-state index in [1.165, 1.54) is 19.9 Å². The standard InChI is InChI=1S/C14H12BrFO4/c1-14(2)19-12(17)10(13(18)20-14)6-9-8(7-15)4-3-5-11(9)16/h3-6H,7H2,1-2H3. The van der Waals surface area contributed by atoms with Gasteiger partial charge in [0.15, 0.2) is 0 Å². The maximum Gasteiger partial charge on any atom is 0.348 e. The normalized spacial score (nSPS) is 17.5. The molecule has 0 aliphatic carbocycles. The summed E-state index contributed by atoms with van der Waals surface area (Å²) in [5.74, 6) is -3.48. The number of benzene rings is 1. The molecule has 1 aliphatic rings. The highest BCUT2D eigenvalue weighted by molar-refractivity contribution is 9.08. The minimum Gasteiger partial charge on any atom is -0.419 e. The number of halogens is 2. The van der Waals surface area contributed by atoms with Crippen molar-refractivity contribution in [3.05, 3.63) is 40.7 Å². The second-order valence-corrected chi connectivity index (χ2v) is 5.24. The summed E-state index contributed by atoms with van der Waals surface area (Å²) < 4.78 is 23.7. The number of hydrogen-bond donors (Lipinski definition) is 0. The van der Waals surface area contributed by atoms with Crippen LogP contribution in [0.25, 0.3) is 6.08 Å². The first-order valence-corrected chi connectivity index (χ1v) is 6.98. The summed E-state index contributed by atoms with van der Waals surface area (Å²) in [5, 5.41) is 0.388. The van der Waals surface area contributed by atoms with Crippen LogP contribution in [0.1, 0.15) is 25.0 Å². The summed E-state index contributed by atoms with van der Waals surface area (Å²) >= 11 is 3.23. The first-order chi connectivity index (χ1) is 9.34. The summed E-state index contributed by atoms with van der Waals surface area (Å²) in [6, 6.07) is 4.49. The van der Waals surface area contributed by atoms with Crippen LogP contribution < -0.4 is 0 Å². The Kier molecular flexibility index (Phi) is 3.94. The highest BCUT2D eigenvalue weighted by atomic mass is 79.9. The monoisotopic (exact) mass is 342 g/mol. The van der Waals surface area contributed by atoms with Crippen molar-refractivity contribution in [2.75, 3.05) is 0 Å². The van der Waals surface area contributed by atoms with E-state index in [2.05, 4.69) is 15.9 Å². The number of cyclic esters (lactones) is 2. The highest BCUT2D eigenvalue weighted by Gasteiger charge is 2.39. The molecule has 1 saturated heterocycles. The SMILES string of the molecule is CC1(C)OC(=O)C(=Cc2c(F)cccc2CBr)C(=O)O1. The molecule has 0 amide bonds. The molecule has 0 aromatic heterocycles. The second-order valence-electron chi connectivity index (χ2n) is 4.68. The van der Waals surface area contributed by atoms with Gasteiger partial charge in [0.1, 0.15) is 11.4 Å². The minimum absolute atomic E-state index is 0.160. The molecule has 0 unspecified atom stereocenters. The largest absolute Gasteiger partial charge is 0.419 e. The molecule has 0 bridgehead atoms. The number of hydrogen-bond acceptors (Lipinski definition) is 4. The molecule has 0 N–H and O–H groups in total. The van der Waals surface area contributed by atoms with Crippen LogP contribution >= 0.6 is 15.9 Å². The third kappa shape index (κ3) is 2.90. The Morgan fingerprint density at radius 3 is 2.40 bits per heavy atom. The molecule has 2 rings (SSSR count). The van der Waals surface area contributed by atoms with Gasteiger partial charge in [-0.2, -0.15) is 0 Å². The maximum atomic E-state index is 13.8. The lowest BCUT2D eigenvalue weighted by Crippen LogP contribution is -2.41. The fraction of sp³-hybridized carbons (Fsp3) is 0.286. The van der Waals surface area contributed by atoms with Crippen molar-refractivity contribution in [1.82, 2.24) is 0 Å². The van der Waals surface area contributed by atoms with Crippen molar-refractivity contribution in [2.45, 2.75) is 25.0 Å². The van der Waals surface area contributed by atoms with E-state index < -0.39 is 23.5 Å². The van der Waals surface area contributed by atoms with Gasteiger partial charge < -0.3 is 9.47 Å². The molecule has 6 heteroatoms. The minimum atomic E-state index is -1.31. The van der Waals surface area contributed by atoms with Crippen LogP contribution in [0.15, 0.2) is 23.8 Å². The van der Waals surface area contributed by atoms with Gasteiger partial charge in [0.2, 0.25) is 0 Å². The molecule has 106 valence electrons. The van der Waals surface area contributed by atoms with Crippen LogP contribution in [0, 0.1) is 5.82 Å². The molecule has 1 aliphatic heterocycles. The summed E-state index contributed by atoms with van der Waals surface area (Å²) in [4.78, 5) is 23.6. The highest BCUT2D eigenvalue weighted by Crippen LogP contribution is 2.26. The van der Waals surface area contributed by atoms with Gasteiger partial charge in [-0.15, -0.1) is 0 Å². The average Bonchev–Trinajstić information content (AvgIpc) is 2.33. The predicted molar refractivity (Wildman–Crippen MR) is 73.3 cm³/mol. The molecule has 1 heterocycles. The Bertz CT molecular complexity index is 585. The summed E-state index contributed by atoms with van der Waals surface area (Å²) in [7, 11) is 0. The first-order valence-electron chi connectivity index (χ1n) is 5.86. The van der Waals surface area contributed by atoms with Crippen LogP contribution in [0.4, 0.5) is 4.39 Å². The van der Waals surface area contributed by atoms with Crippen LogP contribution in [0.3, 0.4) is 0 Å². The summed E-state index contributed by atoms with van der Waals surface area (Å²) in [6.07, 6.45) is 1.16. The lowest BCUT2D eigenvalue weighted by Gasteiger charge is -2.29. The zero-order chi connectivity index (χ0) is 14.9. The summed E-state index contributed by atoms with van der Waals surface area (Å²) in [6.45, 7) is 2.90. The topological polar surface area (TPSA) is 52.6 Å². The van der Waals surface area contributed by atoms with Gasteiger partial charge in [-0.25, -0.2) is 14.0 Å². The third-order valence-electron chi connectivity index (χ3n) is 2.69. The molecule has 1 aromatic carbocycles. The van der Waals surface area contributed by atoms with Gasteiger partial charge in [-0.3, -0.25) is 0 Å². The van der Waals surface area contributed by atoms with E-state index in [-0.39, 0.29) is 11.1 Å². The van der Waals surface area contributed by atoms with E-state index in [4.69, 9.17) is 9.47 Å². The molecule has 0 spiro atoms. The van der Waals surface area contributed by atoms with Crippen molar-refractivity contribution in [2.24, 2.45) is 0 Å². The fourth-order valence-corrected chi connectivity index (χ4v) is 2.27. The van der Waals surface area contributed by atoms with Crippen molar-refractivity contribution in [1.29, 1.82) is 0 Å². The lowest BCUT2D eigenvalue weighted by atomic mass is 10.0. The molecule has 0 atom stereocenters. The number of carbonyl (C=O) groups is 2.